The summed E-state index contributed by atoms with van der Waals surface area (Å²) in [6, 6.07) is 0. The van der Waals surface area contributed by atoms with Crippen molar-refractivity contribution in [1.82, 2.24) is 0 Å². The third-order valence-corrected chi connectivity index (χ3v) is 1.68. The van der Waals surface area contributed by atoms with Crippen LogP contribution in [0.15, 0.2) is 0 Å². The molecular weight excluding hydrogens is 142 g/mol. The van der Waals surface area contributed by atoms with E-state index in [1.54, 1.807) is 6.92 Å². The minimum Gasteiger partial charge on any atom is -0.368 e. The number of aliphatic hydroxyl groups excluding tert-OH is 1. The first-order valence-corrected chi connectivity index (χ1v) is 4.19. The SMILES string of the molecule is CCCC(N)(CC)OC(C)O. The van der Waals surface area contributed by atoms with Gasteiger partial charge in [-0.1, -0.05) is 20.3 Å². The maximum atomic E-state index is 8.94. The van der Waals surface area contributed by atoms with Crippen molar-refractivity contribution in [3.05, 3.63) is 0 Å². The van der Waals surface area contributed by atoms with Gasteiger partial charge in [-0.15, -0.1) is 0 Å². The lowest BCUT2D eigenvalue weighted by atomic mass is 10.1. The van der Waals surface area contributed by atoms with Gasteiger partial charge in [0.05, 0.1) is 0 Å². The molecule has 0 spiro atoms. The second kappa shape index (κ2) is 4.70. The fourth-order valence-corrected chi connectivity index (χ4v) is 1.08. The molecule has 3 heteroatoms. The zero-order valence-electron chi connectivity index (χ0n) is 7.63. The van der Waals surface area contributed by atoms with Gasteiger partial charge in [-0.25, -0.2) is 0 Å². The van der Waals surface area contributed by atoms with Crippen molar-refractivity contribution >= 4 is 0 Å². The van der Waals surface area contributed by atoms with E-state index in [1.807, 2.05) is 13.8 Å². The summed E-state index contributed by atoms with van der Waals surface area (Å²) in [5.74, 6) is 0. The monoisotopic (exact) mass is 161 g/mol. The smallest absolute Gasteiger partial charge is 0.154 e. The first kappa shape index (κ1) is 10.9. The molecule has 0 saturated carbocycles. The van der Waals surface area contributed by atoms with Crippen LogP contribution >= 0.6 is 0 Å². The highest BCUT2D eigenvalue weighted by atomic mass is 16.6. The van der Waals surface area contributed by atoms with Crippen molar-refractivity contribution in [1.29, 1.82) is 0 Å². The van der Waals surface area contributed by atoms with Gasteiger partial charge in [0.2, 0.25) is 0 Å². The van der Waals surface area contributed by atoms with Gasteiger partial charge in [0.25, 0.3) is 0 Å². The summed E-state index contributed by atoms with van der Waals surface area (Å²) < 4.78 is 5.16. The Balaban J connectivity index is 3.87. The number of hydrogen-bond acceptors (Lipinski definition) is 3. The number of hydrogen-bond donors (Lipinski definition) is 2. The summed E-state index contributed by atoms with van der Waals surface area (Å²) in [5.41, 5.74) is 5.19. The zero-order valence-corrected chi connectivity index (χ0v) is 7.63. The quantitative estimate of drug-likeness (QED) is 0.596. The van der Waals surface area contributed by atoms with Crippen molar-refractivity contribution in [2.45, 2.75) is 52.0 Å². The van der Waals surface area contributed by atoms with Crippen molar-refractivity contribution < 1.29 is 9.84 Å². The number of aliphatic hydroxyl groups is 1. The van der Waals surface area contributed by atoms with E-state index in [-0.39, 0.29) is 0 Å². The molecule has 11 heavy (non-hydrogen) atoms. The molecule has 0 radical (unpaired) electrons. The van der Waals surface area contributed by atoms with E-state index in [0.29, 0.717) is 0 Å². The van der Waals surface area contributed by atoms with E-state index in [4.69, 9.17) is 15.6 Å². The molecule has 0 rings (SSSR count). The highest BCUT2D eigenvalue weighted by molar-refractivity contribution is 4.70. The molecule has 0 amide bonds. The molecular formula is C8H19NO2. The maximum Gasteiger partial charge on any atom is 0.154 e. The molecule has 0 aromatic heterocycles. The standard InChI is InChI=1S/C8H19NO2/c1-4-6-8(9,5-2)11-7(3)10/h7,10H,4-6,9H2,1-3H3. The van der Waals surface area contributed by atoms with Crippen LogP contribution in [0.1, 0.15) is 40.0 Å². The normalized spacial score (nSPS) is 19.4. The van der Waals surface area contributed by atoms with Crippen LogP contribution in [0, 0.1) is 0 Å². The Hall–Kier alpha value is -0.120. The zero-order chi connectivity index (χ0) is 8.91. The van der Waals surface area contributed by atoms with Crippen LogP contribution in [0.2, 0.25) is 0 Å². The lowest BCUT2D eigenvalue weighted by molar-refractivity contribution is -0.178. The Morgan fingerprint density at radius 1 is 1.55 bits per heavy atom. The topological polar surface area (TPSA) is 55.5 Å². The molecule has 68 valence electrons. The van der Waals surface area contributed by atoms with Crippen molar-refractivity contribution in [2.75, 3.05) is 0 Å². The van der Waals surface area contributed by atoms with Crippen LogP contribution in [0.5, 0.6) is 0 Å². The molecule has 0 aromatic carbocycles. The van der Waals surface area contributed by atoms with Crippen LogP contribution in [0.25, 0.3) is 0 Å². The highest BCUT2D eigenvalue weighted by Crippen LogP contribution is 2.16. The fourth-order valence-electron chi connectivity index (χ4n) is 1.08. The Morgan fingerprint density at radius 3 is 2.36 bits per heavy atom. The third kappa shape index (κ3) is 4.35. The second-order valence-corrected chi connectivity index (χ2v) is 2.89. The van der Waals surface area contributed by atoms with Gasteiger partial charge in [-0.2, -0.15) is 0 Å². The Labute approximate surface area is 68.5 Å². The molecule has 0 bridgehead atoms. The van der Waals surface area contributed by atoms with Gasteiger partial charge in [0, 0.05) is 0 Å². The Bertz CT molecular complexity index is 106. The lowest BCUT2D eigenvalue weighted by Crippen LogP contribution is -2.44. The molecule has 2 atom stereocenters. The van der Waals surface area contributed by atoms with Gasteiger partial charge < -0.3 is 15.6 Å². The van der Waals surface area contributed by atoms with Gasteiger partial charge in [-0.3, -0.25) is 0 Å². The summed E-state index contributed by atoms with van der Waals surface area (Å²) in [4.78, 5) is 0. The first-order chi connectivity index (χ1) is 5.04. The van der Waals surface area contributed by atoms with E-state index >= 15 is 0 Å². The molecule has 0 aromatic rings. The molecule has 0 aliphatic heterocycles. The van der Waals surface area contributed by atoms with Crippen molar-refractivity contribution in [3.8, 4) is 0 Å². The van der Waals surface area contributed by atoms with Crippen LogP contribution in [0.4, 0.5) is 0 Å². The molecule has 0 heterocycles. The van der Waals surface area contributed by atoms with E-state index in [1.165, 1.54) is 0 Å². The second-order valence-electron chi connectivity index (χ2n) is 2.89. The number of nitrogens with two attached hydrogens (primary N) is 1. The van der Waals surface area contributed by atoms with E-state index in [0.717, 1.165) is 19.3 Å². The Morgan fingerprint density at radius 2 is 2.09 bits per heavy atom. The van der Waals surface area contributed by atoms with Crippen molar-refractivity contribution in [3.63, 3.8) is 0 Å². The van der Waals surface area contributed by atoms with Crippen LogP contribution in [-0.2, 0) is 4.74 Å². The van der Waals surface area contributed by atoms with Gasteiger partial charge >= 0.3 is 0 Å². The summed E-state index contributed by atoms with van der Waals surface area (Å²) in [7, 11) is 0. The Kier molecular flexibility index (Phi) is 4.65. The number of ether oxygens (including phenoxy) is 1. The highest BCUT2D eigenvalue weighted by Gasteiger charge is 2.23. The average molecular weight is 161 g/mol. The summed E-state index contributed by atoms with van der Waals surface area (Å²) in [6.45, 7) is 5.58. The summed E-state index contributed by atoms with van der Waals surface area (Å²) in [6.07, 6.45) is 1.71. The molecule has 3 N–H and O–H groups in total. The molecule has 3 nitrogen and oxygen atoms in total. The predicted octanol–water partition coefficient (Wildman–Crippen LogP) is 1.21. The first-order valence-electron chi connectivity index (χ1n) is 4.19. The van der Waals surface area contributed by atoms with Gasteiger partial charge in [0.1, 0.15) is 5.72 Å². The average Bonchev–Trinajstić information content (AvgIpc) is 1.87. The molecule has 0 fully saturated rings. The van der Waals surface area contributed by atoms with E-state index in [9.17, 15) is 0 Å². The molecule has 2 unspecified atom stereocenters. The van der Waals surface area contributed by atoms with Crippen LogP contribution in [0.3, 0.4) is 0 Å². The maximum absolute atomic E-state index is 8.94. The fraction of sp³-hybridized carbons (Fsp3) is 1.00. The third-order valence-electron chi connectivity index (χ3n) is 1.68. The van der Waals surface area contributed by atoms with Crippen LogP contribution < -0.4 is 5.73 Å². The summed E-state index contributed by atoms with van der Waals surface area (Å²) >= 11 is 0. The lowest BCUT2D eigenvalue weighted by Gasteiger charge is -2.29. The number of rotatable bonds is 5. The molecule has 0 saturated heterocycles. The minimum absolute atomic E-state index is 0.636. The van der Waals surface area contributed by atoms with E-state index in [2.05, 4.69) is 0 Å². The van der Waals surface area contributed by atoms with Crippen LogP contribution in [-0.4, -0.2) is 17.1 Å². The van der Waals surface area contributed by atoms with E-state index < -0.39 is 12.0 Å². The largest absolute Gasteiger partial charge is 0.368 e. The predicted molar refractivity (Wildman–Crippen MR) is 44.9 cm³/mol. The minimum atomic E-state index is -0.772. The molecule has 0 aliphatic rings. The van der Waals surface area contributed by atoms with Crippen molar-refractivity contribution in [2.24, 2.45) is 5.73 Å². The van der Waals surface area contributed by atoms with Gasteiger partial charge in [0.15, 0.2) is 6.29 Å². The molecule has 0 aliphatic carbocycles. The van der Waals surface area contributed by atoms with Gasteiger partial charge in [-0.05, 0) is 19.8 Å². The summed E-state index contributed by atoms with van der Waals surface area (Å²) in [5, 5.41) is 8.94.